The molecule has 1 atom stereocenters. The lowest BCUT2D eigenvalue weighted by molar-refractivity contribution is -0.126. The molecule has 150 valence electrons. The summed E-state index contributed by atoms with van der Waals surface area (Å²) in [5.74, 6) is -2.02. The molecule has 1 aliphatic heterocycles. The Labute approximate surface area is 162 Å². The van der Waals surface area contributed by atoms with E-state index in [0.717, 1.165) is 0 Å². The zero-order chi connectivity index (χ0) is 20.3. The summed E-state index contributed by atoms with van der Waals surface area (Å²) < 4.78 is 13.0. The van der Waals surface area contributed by atoms with Crippen LogP contribution in [0.3, 0.4) is 0 Å². The monoisotopic (exact) mass is 389 g/mol. The van der Waals surface area contributed by atoms with Gasteiger partial charge >= 0.3 is 0 Å². The van der Waals surface area contributed by atoms with Crippen LogP contribution in [-0.4, -0.2) is 42.7 Å². The number of hydrogen-bond acceptors (Lipinski definition) is 5. The van der Waals surface area contributed by atoms with Crippen LogP contribution < -0.4 is 21.7 Å². The Balaban J connectivity index is 1.67. The van der Waals surface area contributed by atoms with Gasteiger partial charge in [0.2, 0.25) is 11.8 Å². The molecule has 1 aromatic rings. The Morgan fingerprint density at radius 2 is 1.82 bits per heavy atom. The molecule has 5 N–H and O–H groups in total. The first kappa shape index (κ1) is 19.9. The third kappa shape index (κ3) is 3.62. The van der Waals surface area contributed by atoms with E-state index in [4.69, 9.17) is 5.73 Å². The minimum atomic E-state index is -1.31. The van der Waals surface area contributed by atoms with E-state index in [9.17, 15) is 18.8 Å². The van der Waals surface area contributed by atoms with Gasteiger partial charge in [-0.3, -0.25) is 24.7 Å². The number of primary amides is 1. The van der Waals surface area contributed by atoms with Crippen LogP contribution in [0, 0.1) is 17.7 Å². The van der Waals surface area contributed by atoms with Gasteiger partial charge in [-0.2, -0.15) is 0 Å². The van der Waals surface area contributed by atoms with Gasteiger partial charge in [0.1, 0.15) is 17.1 Å². The molecule has 1 fully saturated rings. The van der Waals surface area contributed by atoms with Crippen molar-refractivity contribution >= 4 is 29.1 Å². The zero-order valence-electron chi connectivity index (χ0n) is 15.6. The van der Waals surface area contributed by atoms with Crippen molar-refractivity contribution in [2.45, 2.75) is 31.2 Å². The van der Waals surface area contributed by atoms with E-state index >= 15 is 0 Å². The van der Waals surface area contributed by atoms with Crippen molar-refractivity contribution in [1.29, 1.82) is 0 Å². The lowest BCUT2D eigenvalue weighted by Crippen LogP contribution is -2.65. The third-order valence-corrected chi connectivity index (χ3v) is 5.62. The first-order chi connectivity index (χ1) is 13.4. The van der Waals surface area contributed by atoms with E-state index in [2.05, 4.69) is 20.9 Å². The molecule has 1 aromatic carbocycles. The molecule has 2 aliphatic rings. The maximum atomic E-state index is 13.0. The second-order valence-corrected chi connectivity index (χ2v) is 7.14. The summed E-state index contributed by atoms with van der Waals surface area (Å²) in [7, 11) is 1.48. The van der Waals surface area contributed by atoms with Crippen LogP contribution in [0.25, 0.3) is 0 Å². The smallest absolute Gasteiger partial charge is 0.267 e. The summed E-state index contributed by atoms with van der Waals surface area (Å²) in [5.41, 5.74) is 5.02. The Kier molecular flexibility index (Phi) is 5.73. The van der Waals surface area contributed by atoms with Gasteiger partial charge in [0.15, 0.2) is 0 Å². The van der Waals surface area contributed by atoms with Crippen molar-refractivity contribution in [2.75, 3.05) is 19.0 Å². The highest BCUT2D eigenvalue weighted by molar-refractivity contribution is 6.47. The third-order valence-electron chi connectivity index (χ3n) is 5.62. The molecule has 1 saturated carbocycles. The van der Waals surface area contributed by atoms with Gasteiger partial charge < -0.3 is 16.4 Å². The van der Waals surface area contributed by atoms with Crippen LogP contribution in [0.2, 0.25) is 0 Å². The topological polar surface area (TPSA) is 126 Å². The highest BCUT2D eigenvalue weighted by Gasteiger charge is 2.54. The molecule has 0 spiro atoms. The predicted octanol–water partition coefficient (Wildman–Crippen LogP) is 0.542. The minimum absolute atomic E-state index is 0.113. The van der Waals surface area contributed by atoms with Crippen LogP contribution in [-0.2, 0) is 14.4 Å². The van der Waals surface area contributed by atoms with Crippen LogP contribution in [0.15, 0.2) is 29.3 Å². The Hall–Kier alpha value is -2.81. The fourth-order valence-corrected chi connectivity index (χ4v) is 4.13. The molecule has 0 aromatic heterocycles. The van der Waals surface area contributed by atoms with Crippen molar-refractivity contribution in [2.24, 2.45) is 22.6 Å². The van der Waals surface area contributed by atoms with Gasteiger partial charge in [-0.25, -0.2) is 4.39 Å². The Bertz CT molecular complexity index is 802. The number of rotatable bonds is 5. The number of nitrogens with zero attached hydrogens (tertiary/aromatic N) is 1. The largest absolute Gasteiger partial charge is 0.368 e. The van der Waals surface area contributed by atoms with E-state index in [1.807, 2.05) is 0 Å². The van der Waals surface area contributed by atoms with E-state index in [0.29, 0.717) is 31.4 Å². The average molecular weight is 389 g/mol. The quantitative estimate of drug-likeness (QED) is 0.586. The molecule has 1 heterocycles. The molecule has 0 bridgehead atoms. The Morgan fingerprint density at radius 1 is 1.18 bits per heavy atom. The average Bonchev–Trinajstić information content (AvgIpc) is 3.15. The predicted molar refractivity (Wildman–Crippen MR) is 102 cm³/mol. The van der Waals surface area contributed by atoms with Gasteiger partial charge in [0.25, 0.3) is 5.91 Å². The van der Waals surface area contributed by atoms with Gasteiger partial charge in [-0.1, -0.05) is 0 Å². The number of aliphatic imine (C=N–C) groups is 1. The van der Waals surface area contributed by atoms with Crippen LogP contribution in [0.5, 0.6) is 0 Å². The number of hydrogen-bond donors (Lipinski definition) is 4. The number of halogens is 1. The van der Waals surface area contributed by atoms with Gasteiger partial charge in [0.05, 0.1) is 6.67 Å². The summed E-state index contributed by atoms with van der Waals surface area (Å²) in [6, 6.07) is 5.59. The van der Waals surface area contributed by atoms with Crippen LogP contribution >= 0.6 is 0 Å². The second-order valence-electron chi connectivity index (χ2n) is 7.14. The van der Waals surface area contributed by atoms with Crippen molar-refractivity contribution in [3.8, 4) is 0 Å². The SMILES string of the molecule is CNC(=O)C1=NCNC1(C(N)=O)C1CCC(C(=O)Nc2ccc(F)cc2)CC1. The van der Waals surface area contributed by atoms with Gasteiger partial charge in [-0.15, -0.1) is 0 Å². The van der Waals surface area contributed by atoms with Gasteiger partial charge in [-0.05, 0) is 55.9 Å². The van der Waals surface area contributed by atoms with Crippen molar-refractivity contribution in [1.82, 2.24) is 10.6 Å². The van der Waals surface area contributed by atoms with Crippen LogP contribution in [0.4, 0.5) is 10.1 Å². The molecule has 3 rings (SSSR count). The normalized spacial score (nSPS) is 27.0. The van der Waals surface area contributed by atoms with E-state index < -0.39 is 17.4 Å². The number of carbonyl (C=O) groups excluding carboxylic acids is 3. The summed E-state index contributed by atoms with van der Waals surface area (Å²) in [5, 5.41) is 8.32. The molecular formula is C19H24FN5O3. The molecule has 0 saturated heterocycles. The molecule has 3 amide bonds. The van der Waals surface area contributed by atoms with Crippen LogP contribution in [0.1, 0.15) is 25.7 Å². The summed E-state index contributed by atoms with van der Waals surface area (Å²) in [6.45, 7) is 0.149. The molecular weight excluding hydrogens is 365 g/mol. The van der Waals surface area contributed by atoms with Crippen molar-refractivity contribution in [3.63, 3.8) is 0 Å². The lowest BCUT2D eigenvalue weighted by atomic mass is 9.69. The highest BCUT2D eigenvalue weighted by Crippen LogP contribution is 2.38. The molecule has 1 unspecified atom stereocenters. The van der Waals surface area contributed by atoms with Crippen molar-refractivity contribution in [3.05, 3.63) is 30.1 Å². The number of nitrogens with two attached hydrogens (primary N) is 1. The number of amides is 3. The molecule has 8 nitrogen and oxygen atoms in total. The van der Waals surface area contributed by atoms with E-state index in [-0.39, 0.29) is 35.9 Å². The first-order valence-electron chi connectivity index (χ1n) is 9.27. The summed E-state index contributed by atoms with van der Waals surface area (Å²) >= 11 is 0. The summed E-state index contributed by atoms with van der Waals surface area (Å²) in [6.07, 6.45) is 2.20. The highest BCUT2D eigenvalue weighted by atomic mass is 19.1. The van der Waals surface area contributed by atoms with Gasteiger partial charge in [0, 0.05) is 18.7 Å². The van der Waals surface area contributed by atoms with Crippen molar-refractivity contribution < 1.29 is 18.8 Å². The Morgan fingerprint density at radius 3 is 2.39 bits per heavy atom. The minimum Gasteiger partial charge on any atom is -0.368 e. The molecule has 9 heteroatoms. The lowest BCUT2D eigenvalue weighted by Gasteiger charge is -2.39. The fourth-order valence-electron chi connectivity index (χ4n) is 4.13. The second kappa shape index (κ2) is 8.05. The molecule has 28 heavy (non-hydrogen) atoms. The first-order valence-corrected chi connectivity index (χ1v) is 9.27. The number of anilines is 1. The van der Waals surface area contributed by atoms with E-state index in [1.165, 1.54) is 31.3 Å². The molecule has 0 radical (unpaired) electrons. The summed E-state index contributed by atoms with van der Waals surface area (Å²) in [4.78, 5) is 41.2. The maximum Gasteiger partial charge on any atom is 0.267 e. The number of nitrogens with one attached hydrogen (secondary N) is 3. The number of carbonyl (C=O) groups is 3. The zero-order valence-corrected chi connectivity index (χ0v) is 15.6. The number of benzene rings is 1. The fraction of sp³-hybridized carbons (Fsp3) is 0.474. The maximum absolute atomic E-state index is 13.0. The molecule has 1 aliphatic carbocycles. The van der Waals surface area contributed by atoms with E-state index in [1.54, 1.807) is 0 Å². The standard InChI is InChI=1S/C19H24FN5O3/c1-22-17(27)15-19(18(21)28,24-10-23-15)12-4-2-11(3-5-12)16(26)25-14-8-6-13(20)7-9-14/h6-9,11-12,24H,2-5,10H2,1H3,(H2,21,28)(H,22,27)(H,25,26).